The predicted octanol–water partition coefficient (Wildman–Crippen LogP) is 5.11. The number of carbonyl (C=O) groups excluding carboxylic acids is 1. The second-order valence-electron chi connectivity index (χ2n) is 9.05. The molecule has 1 saturated heterocycles. The van der Waals surface area contributed by atoms with Crippen molar-refractivity contribution in [3.05, 3.63) is 58.9 Å². The lowest BCUT2D eigenvalue weighted by molar-refractivity contribution is -0.133. The molecular formula is C27H34FNO4. The van der Waals surface area contributed by atoms with Crippen molar-refractivity contribution in [1.29, 1.82) is 0 Å². The molecule has 2 aromatic carbocycles. The number of amides is 1. The van der Waals surface area contributed by atoms with E-state index in [1.165, 1.54) is 23.3 Å². The maximum absolute atomic E-state index is 13.1. The van der Waals surface area contributed by atoms with Gasteiger partial charge in [-0.3, -0.25) is 4.79 Å². The molecule has 2 aliphatic heterocycles. The molecule has 0 radical (unpaired) electrons. The lowest BCUT2D eigenvalue weighted by Crippen LogP contribution is -2.44. The Kier molecular flexibility index (Phi) is 7.53. The van der Waals surface area contributed by atoms with Crippen LogP contribution in [-0.2, 0) is 22.4 Å². The Bertz CT molecular complexity index is 953. The van der Waals surface area contributed by atoms with Crippen LogP contribution in [0.4, 0.5) is 4.39 Å². The van der Waals surface area contributed by atoms with Crippen molar-refractivity contribution in [2.45, 2.75) is 57.7 Å². The van der Waals surface area contributed by atoms with Gasteiger partial charge >= 0.3 is 0 Å². The van der Waals surface area contributed by atoms with Gasteiger partial charge < -0.3 is 19.1 Å². The van der Waals surface area contributed by atoms with Gasteiger partial charge in [0.1, 0.15) is 5.82 Å². The van der Waals surface area contributed by atoms with Crippen LogP contribution in [0.15, 0.2) is 36.4 Å². The number of rotatable bonds is 7. The first kappa shape index (κ1) is 23.6. The molecule has 2 aliphatic rings. The summed E-state index contributed by atoms with van der Waals surface area (Å²) in [4.78, 5) is 14.7. The monoisotopic (exact) mass is 455 g/mol. The highest BCUT2D eigenvalue weighted by Crippen LogP contribution is 2.44. The van der Waals surface area contributed by atoms with E-state index in [2.05, 4.69) is 13.0 Å². The molecule has 0 unspecified atom stereocenters. The molecule has 2 heterocycles. The molecule has 0 aromatic heterocycles. The molecule has 1 fully saturated rings. The number of benzene rings is 2. The smallest absolute Gasteiger partial charge is 0.226 e. The molecule has 0 saturated carbocycles. The molecule has 5 nitrogen and oxygen atoms in total. The van der Waals surface area contributed by atoms with Crippen LogP contribution in [0.1, 0.15) is 55.4 Å². The molecule has 1 amide bonds. The second-order valence-corrected chi connectivity index (χ2v) is 9.05. The molecule has 178 valence electrons. The third kappa shape index (κ3) is 5.16. The first-order valence-corrected chi connectivity index (χ1v) is 12.0. The van der Waals surface area contributed by atoms with Crippen molar-refractivity contribution in [1.82, 2.24) is 4.90 Å². The average molecular weight is 456 g/mol. The van der Waals surface area contributed by atoms with Crippen LogP contribution < -0.4 is 9.47 Å². The van der Waals surface area contributed by atoms with Crippen LogP contribution in [0.2, 0.25) is 0 Å². The van der Waals surface area contributed by atoms with Gasteiger partial charge in [-0.05, 0) is 54.5 Å². The Morgan fingerprint density at radius 3 is 2.45 bits per heavy atom. The van der Waals surface area contributed by atoms with E-state index in [4.69, 9.17) is 14.2 Å². The highest BCUT2D eigenvalue weighted by molar-refractivity contribution is 5.78. The number of hydrogen-bond donors (Lipinski definition) is 0. The molecule has 2 atom stereocenters. The van der Waals surface area contributed by atoms with Gasteiger partial charge in [0.05, 0.1) is 32.8 Å². The summed E-state index contributed by atoms with van der Waals surface area (Å²) in [6.07, 6.45) is 5.11. The van der Waals surface area contributed by atoms with Gasteiger partial charge in [0.25, 0.3) is 0 Å². The summed E-state index contributed by atoms with van der Waals surface area (Å²) >= 11 is 0. The van der Waals surface area contributed by atoms with E-state index in [0.717, 1.165) is 62.3 Å². The number of halogens is 1. The summed E-state index contributed by atoms with van der Waals surface area (Å²) in [5.74, 6) is 1.79. The standard InChI is InChI=1S/C27H34FNO4/c1-4-5-23-21-10-11-24(31-2)27(32-3)22(21)17-25(33-23)19-12-14-29(15-13-19)26(30)16-18-6-8-20(28)9-7-18/h6-11,19,23,25H,4-5,12-17H2,1-3H3/t23-,25-/m0/s1. The number of carbonyl (C=O) groups is 1. The molecule has 0 bridgehead atoms. The van der Waals surface area contributed by atoms with E-state index in [0.29, 0.717) is 12.3 Å². The minimum Gasteiger partial charge on any atom is -0.493 e. The van der Waals surface area contributed by atoms with Crippen LogP contribution in [0, 0.1) is 11.7 Å². The molecule has 4 rings (SSSR count). The third-order valence-electron chi connectivity index (χ3n) is 7.01. The van der Waals surface area contributed by atoms with Crippen LogP contribution in [0.3, 0.4) is 0 Å². The Morgan fingerprint density at radius 2 is 1.82 bits per heavy atom. The number of likely N-dealkylation sites (tertiary alicyclic amines) is 1. The quantitative estimate of drug-likeness (QED) is 0.582. The first-order valence-electron chi connectivity index (χ1n) is 12.0. The first-order chi connectivity index (χ1) is 16.0. The maximum Gasteiger partial charge on any atom is 0.226 e. The van der Waals surface area contributed by atoms with E-state index in [1.807, 2.05) is 11.0 Å². The van der Waals surface area contributed by atoms with Gasteiger partial charge in [-0.2, -0.15) is 0 Å². The van der Waals surface area contributed by atoms with Crippen molar-refractivity contribution in [2.75, 3.05) is 27.3 Å². The number of nitrogens with zero attached hydrogens (tertiary/aromatic N) is 1. The predicted molar refractivity (Wildman–Crippen MR) is 125 cm³/mol. The number of hydrogen-bond acceptors (Lipinski definition) is 4. The van der Waals surface area contributed by atoms with Gasteiger partial charge in [-0.15, -0.1) is 0 Å². The van der Waals surface area contributed by atoms with Gasteiger partial charge in [0.15, 0.2) is 11.5 Å². The summed E-state index contributed by atoms with van der Waals surface area (Å²) in [5.41, 5.74) is 3.25. The summed E-state index contributed by atoms with van der Waals surface area (Å²) < 4.78 is 31.1. The fourth-order valence-electron chi connectivity index (χ4n) is 5.22. The second kappa shape index (κ2) is 10.6. The molecule has 0 spiro atoms. The molecule has 2 aromatic rings. The van der Waals surface area contributed by atoms with Crippen molar-refractivity contribution in [2.24, 2.45) is 5.92 Å². The van der Waals surface area contributed by atoms with Crippen LogP contribution in [0.25, 0.3) is 0 Å². The lowest BCUT2D eigenvalue weighted by atomic mass is 9.82. The zero-order chi connectivity index (χ0) is 23.4. The third-order valence-corrected chi connectivity index (χ3v) is 7.01. The molecule has 0 aliphatic carbocycles. The zero-order valence-electron chi connectivity index (χ0n) is 19.8. The molecule has 33 heavy (non-hydrogen) atoms. The van der Waals surface area contributed by atoms with E-state index in [-0.39, 0.29) is 23.9 Å². The number of ether oxygens (including phenoxy) is 3. The number of methoxy groups -OCH3 is 2. The van der Waals surface area contributed by atoms with Gasteiger partial charge in [-0.25, -0.2) is 4.39 Å². The highest BCUT2D eigenvalue weighted by Gasteiger charge is 2.36. The molecular weight excluding hydrogens is 421 g/mol. The SMILES string of the molecule is CCC[C@@H]1O[C@H](C2CCN(C(=O)Cc3ccc(F)cc3)CC2)Cc2c1ccc(OC)c2OC. The minimum atomic E-state index is -0.281. The largest absolute Gasteiger partial charge is 0.493 e. The average Bonchev–Trinajstić information content (AvgIpc) is 2.84. The fraction of sp³-hybridized carbons (Fsp3) is 0.519. The van der Waals surface area contributed by atoms with Crippen LogP contribution in [0.5, 0.6) is 11.5 Å². The van der Waals surface area contributed by atoms with E-state index in [1.54, 1.807) is 26.4 Å². The summed E-state index contributed by atoms with van der Waals surface area (Å²) in [7, 11) is 3.37. The number of fused-ring (bicyclic) bond motifs is 1. The van der Waals surface area contributed by atoms with E-state index >= 15 is 0 Å². The van der Waals surface area contributed by atoms with Crippen LogP contribution >= 0.6 is 0 Å². The zero-order valence-corrected chi connectivity index (χ0v) is 19.8. The highest BCUT2D eigenvalue weighted by atomic mass is 19.1. The molecule has 6 heteroatoms. The van der Waals surface area contributed by atoms with Crippen molar-refractivity contribution < 1.29 is 23.4 Å². The Hall–Kier alpha value is -2.60. The lowest BCUT2D eigenvalue weighted by Gasteiger charge is -2.41. The minimum absolute atomic E-state index is 0.0571. The summed E-state index contributed by atoms with van der Waals surface area (Å²) in [6, 6.07) is 10.3. The topological polar surface area (TPSA) is 48.0 Å². The van der Waals surface area contributed by atoms with Gasteiger partial charge in [-0.1, -0.05) is 31.5 Å². The van der Waals surface area contributed by atoms with Crippen molar-refractivity contribution in [3.8, 4) is 11.5 Å². The Labute approximate surface area is 195 Å². The Balaban J connectivity index is 1.43. The van der Waals surface area contributed by atoms with Crippen molar-refractivity contribution >= 4 is 5.91 Å². The summed E-state index contributed by atoms with van der Waals surface area (Å²) in [5, 5.41) is 0. The van der Waals surface area contributed by atoms with Crippen molar-refractivity contribution in [3.63, 3.8) is 0 Å². The van der Waals surface area contributed by atoms with Gasteiger partial charge in [0, 0.05) is 25.1 Å². The van der Waals surface area contributed by atoms with E-state index < -0.39 is 0 Å². The number of piperidine rings is 1. The normalized spacial score (nSPS) is 20.9. The molecule has 0 N–H and O–H groups in total. The fourth-order valence-corrected chi connectivity index (χ4v) is 5.22. The van der Waals surface area contributed by atoms with Crippen LogP contribution in [-0.4, -0.2) is 44.2 Å². The Morgan fingerprint density at radius 1 is 1.09 bits per heavy atom. The van der Waals surface area contributed by atoms with Gasteiger partial charge in [0.2, 0.25) is 5.91 Å². The maximum atomic E-state index is 13.1. The summed E-state index contributed by atoms with van der Waals surface area (Å²) in [6.45, 7) is 3.63. The van der Waals surface area contributed by atoms with E-state index in [9.17, 15) is 9.18 Å².